The van der Waals surface area contributed by atoms with Crippen LogP contribution in [0.5, 0.6) is 5.88 Å². The number of hydrogen-bond acceptors (Lipinski definition) is 8. The van der Waals surface area contributed by atoms with Crippen molar-refractivity contribution in [3.05, 3.63) is 76.6 Å². The summed E-state index contributed by atoms with van der Waals surface area (Å²) in [6.07, 6.45) is -2.36. The van der Waals surface area contributed by atoms with E-state index >= 15 is 4.39 Å². The molecule has 14 heteroatoms. The van der Waals surface area contributed by atoms with Gasteiger partial charge in [0, 0.05) is 35.4 Å². The van der Waals surface area contributed by atoms with Crippen LogP contribution < -0.4 is 15.4 Å². The molecule has 46 heavy (non-hydrogen) atoms. The maximum atomic E-state index is 16.2. The Morgan fingerprint density at radius 2 is 1.87 bits per heavy atom. The first-order valence-electron chi connectivity index (χ1n) is 14.4. The molecule has 1 aliphatic rings. The van der Waals surface area contributed by atoms with E-state index in [9.17, 15) is 18.4 Å². The molecule has 238 valence electrons. The lowest BCUT2D eigenvalue weighted by Crippen LogP contribution is -2.36. The Bertz CT molecular complexity index is 2010. The van der Waals surface area contributed by atoms with Gasteiger partial charge in [0.1, 0.15) is 17.8 Å². The lowest BCUT2D eigenvalue weighted by Gasteiger charge is -2.23. The fourth-order valence-corrected chi connectivity index (χ4v) is 5.78. The van der Waals surface area contributed by atoms with Gasteiger partial charge < -0.3 is 15.4 Å². The van der Waals surface area contributed by atoms with Gasteiger partial charge in [-0.1, -0.05) is 49.7 Å². The van der Waals surface area contributed by atoms with Crippen molar-refractivity contribution >= 4 is 44.7 Å². The molecular formula is C32H29ClF4N8O. The van der Waals surface area contributed by atoms with Crippen molar-refractivity contribution in [3.8, 4) is 11.9 Å². The number of alkyl halides is 3. The highest BCUT2D eigenvalue weighted by molar-refractivity contribution is 6.35. The summed E-state index contributed by atoms with van der Waals surface area (Å²) in [5.74, 6) is -0.896. The van der Waals surface area contributed by atoms with E-state index in [-0.39, 0.29) is 29.0 Å². The smallest absolute Gasteiger partial charge is 0.413 e. The second kappa shape index (κ2) is 11.3. The maximum Gasteiger partial charge on any atom is 0.413 e. The zero-order valence-electron chi connectivity index (χ0n) is 25.3. The minimum atomic E-state index is -4.71. The van der Waals surface area contributed by atoms with Crippen molar-refractivity contribution in [2.45, 2.75) is 51.4 Å². The van der Waals surface area contributed by atoms with E-state index < -0.39 is 23.7 Å². The lowest BCUT2D eigenvalue weighted by molar-refractivity contribution is -0.185. The Labute approximate surface area is 266 Å². The topological polar surface area (TPSA) is 114 Å². The predicted molar refractivity (Wildman–Crippen MR) is 166 cm³/mol. The highest BCUT2D eigenvalue weighted by Gasteiger charge is 2.67. The Kier molecular flexibility index (Phi) is 7.67. The van der Waals surface area contributed by atoms with Crippen LogP contribution in [0.4, 0.5) is 28.9 Å². The summed E-state index contributed by atoms with van der Waals surface area (Å²) in [5.41, 5.74) is -0.819. The summed E-state index contributed by atoms with van der Waals surface area (Å²) in [5, 5.41) is 26.1. The standard InChI is InChI=1S/C32H29ClF4N8O/c1-30(2,3)16-41-24-17(14-38)15-40-25-22(24)12-18(13-23(25)33)42-26(20-6-5-7-21-19(20)8-11-39-29(21)46-4)27-28(34)45(44-43-27)31(9-10-31)32(35,36)37/h5-8,11-13,15,26,42H,9-10,16H2,1-4H3,(H,40,41). The molecule has 0 radical (unpaired) electrons. The Morgan fingerprint density at radius 1 is 1.11 bits per heavy atom. The first-order valence-corrected chi connectivity index (χ1v) is 14.8. The number of nitrogens with one attached hydrogen (secondary N) is 2. The molecule has 6 rings (SSSR count). The summed E-state index contributed by atoms with van der Waals surface area (Å²) in [7, 11) is 1.47. The molecule has 0 aliphatic heterocycles. The van der Waals surface area contributed by atoms with Crippen LogP contribution >= 0.6 is 11.6 Å². The third-order valence-corrected chi connectivity index (χ3v) is 8.32. The third-order valence-electron chi connectivity index (χ3n) is 8.03. The zero-order chi connectivity index (χ0) is 33.0. The summed E-state index contributed by atoms with van der Waals surface area (Å²) in [6, 6.07) is 11.2. The first-order chi connectivity index (χ1) is 21.8. The second-order valence-electron chi connectivity index (χ2n) is 12.5. The van der Waals surface area contributed by atoms with Crippen molar-refractivity contribution in [1.82, 2.24) is 25.0 Å². The molecule has 0 amide bonds. The number of anilines is 2. The van der Waals surface area contributed by atoms with Crippen LogP contribution in [0.3, 0.4) is 0 Å². The average molecular weight is 653 g/mol. The van der Waals surface area contributed by atoms with E-state index in [2.05, 4.69) is 37.0 Å². The van der Waals surface area contributed by atoms with Crippen LogP contribution in [0.2, 0.25) is 5.02 Å². The third kappa shape index (κ3) is 5.40. The number of hydrogen-bond donors (Lipinski definition) is 2. The van der Waals surface area contributed by atoms with Crippen molar-refractivity contribution < 1.29 is 22.3 Å². The SMILES string of the molecule is COc1nccc2c(C(Nc3cc(Cl)c4ncc(C#N)c(NCC(C)(C)C)c4c3)c3nnn(C4(C(F)(F)F)CC4)c3F)cccc12. The fraction of sp³-hybridized carbons (Fsp3) is 0.344. The van der Waals surface area contributed by atoms with Gasteiger partial charge in [0.25, 0.3) is 0 Å². The Morgan fingerprint density at radius 3 is 2.52 bits per heavy atom. The van der Waals surface area contributed by atoms with Gasteiger partial charge in [0.2, 0.25) is 11.8 Å². The van der Waals surface area contributed by atoms with E-state index in [1.165, 1.54) is 19.5 Å². The molecule has 1 fully saturated rings. The van der Waals surface area contributed by atoms with Gasteiger partial charge in [-0.3, -0.25) is 4.98 Å². The minimum Gasteiger partial charge on any atom is -0.481 e. The number of nitrogens with zero attached hydrogens (tertiary/aromatic N) is 6. The van der Waals surface area contributed by atoms with E-state index in [1.54, 1.807) is 36.4 Å². The van der Waals surface area contributed by atoms with Gasteiger partial charge in [-0.2, -0.15) is 22.8 Å². The lowest BCUT2D eigenvalue weighted by atomic mass is 9.96. The quantitative estimate of drug-likeness (QED) is 0.164. The van der Waals surface area contributed by atoms with Crippen molar-refractivity contribution in [2.24, 2.45) is 5.41 Å². The number of ether oxygens (including phenoxy) is 1. The molecule has 9 nitrogen and oxygen atoms in total. The van der Waals surface area contributed by atoms with Crippen LogP contribution in [0.25, 0.3) is 21.7 Å². The molecule has 2 N–H and O–H groups in total. The number of pyridine rings is 2. The molecule has 3 aromatic heterocycles. The minimum absolute atomic E-state index is 0.129. The van der Waals surface area contributed by atoms with Crippen molar-refractivity contribution in [1.29, 1.82) is 5.26 Å². The number of halogens is 5. The van der Waals surface area contributed by atoms with Crippen LogP contribution in [0, 0.1) is 22.7 Å². The number of aromatic nitrogens is 5. The molecule has 0 saturated heterocycles. The summed E-state index contributed by atoms with van der Waals surface area (Å²) >= 11 is 6.71. The molecule has 1 saturated carbocycles. The number of benzene rings is 2. The van der Waals surface area contributed by atoms with Crippen LogP contribution in [0.15, 0.2) is 48.8 Å². The highest BCUT2D eigenvalue weighted by Crippen LogP contribution is 2.55. The van der Waals surface area contributed by atoms with Gasteiger partial charge >= 0.3 is 6.18 Å². The monoisotopic (exact) mass is 652 g/mol. The molecule has 0 spiro atoms. The number of nitriles is 1. The van der Waals surface area contributed by atoms with Crippen LogP contribution in [-0.4, -0.2) is 44.8 Å². The van der Waals surface area contributed by atoms with E-state index in [1.807, 2.05) is 20.8 Å². The molecule has 5 aromatic rings. The molecular weight excluding hydrogens is 624 g/mol. The average Bonchev–Trinajstić information content (AvgIpc) is 3.74. The van der Waals surface area contributed by atoms with Crippen LogP contribution in [0.1, 0.15) is 56.5 Å². The fourth-order valence-electron chi connectivity index (χ4n) is 5.52. The molecule has 1 aliphatic carbocycles. The summed E-state index contributed by atoms with van der Waals surface area (Å²) in [4.78, 5) is 8.64. The zero-order valence-corrected chi connectivity index (χ0v) is 26.1. The van der Waals surface area contributed by atoms with Gasteiger partial charge in [-0.25, -0.2) is 9.67 Å². The molecule has 2 aromatic carbocycles. The normalized spacial score (nSPS) is 15.0. The highest BCUT2D eigenvalue weighted by atomic mass is 35.5. The van der Waals surface area contributed by atoms with E-state index in [0.29, 0.717) is 61.3 Å². The number of fused-ring (bicyclic) bond motifs is 2. The van der Waals surface area contributed by atoms with Crippen molar-refractivity contribution in [3.63, 3.8) is 0 Å². The van der Waals surface area contributed by atoms with Gasteiger partial charge in [0.05, 0.1) is 28.9 Å². The largest absolute Gasteiger partial charge is 0.481 e. The molecule has 0 bridgehead atoms. The maximum absolute atomic E-state index is 16.2. The molecule has 1 unspecified atom stereocenters. The number of methoxy groups -OCH3 is 1. The first kappa shape index (κ1) is 31.3. The second-order valence-corrected chi connectivity index (χ2v) is 12.9. The van der Waals surface area contributed by atoms with Gasteiger partial charge in [0.15, 0.2) is 5.54 Å². The van der Waals surface area contributed by atoms with Crippen LogP contribution in [-0.2, 0) is 5.54 Å². The van der Waals surface area contributed by atoms with Crippen molar-refractivity contribution in [2.75, 3.05) is 24.3 Å². The molecule has 1 atom stereocenters. The van der Waals surface area contributed by atoms with Gasteiger partial charge in [-0.05, 0) is 53.5 Å². The number of rotatable bonds is 8. The Balaban J connectivity index is 1.54. The predicted octanol–water partition coefficient (Wildman–Crippen LogP) is 7.76. The van der Waals surface area contributed by atoms with Gasteiger partial charge in [-0.15, -0.1) is 5.10 Å². The summed E-state index contributed by atoms with van der Waals surface area (Å²) in [6.45, 7) is 6.66. The Hall–Kier alpha value is -4.70. The molecule has 3 heterocycles. The van der Waals surface area contributed by atoms with E-state index in [0.717, 1.165) is 0 Å². The summed E-state index contributed by atoms with van der Waals surface area (Å²) < 4.78 is 64.0. The van der Waals surface area contributed by atoms with E-state index in [4.69, 9.17) is 16.3 Å².